The Bertz CT molecular complexity index is 191. The van der Waals surface area contributed by atoms with Gasteiger partial charge in [-0.05, 0) is 18.1 Å². The van der Waals surface area contributed by atoms with Crippen molar-refractivity contribution in [1.82, 2.24) is 0 Å². The first-order valence-corrected chi connectivity index (χ1v) is 4.38. The fourth-order valence-corrected chi connectivity index (χ4v) is 2.08. The summed E-state index contributed by atoms with van der Waals surface area (Å²) in [6.45, 7) is 0.533. The molecule has 0 spiro atoms. The second-order valence-corrected chi connectivity index (χ2v) is 3.57. The maximum absolute atomic E-state index is 10.8. The third-order valence-electron chi connectivity index (χ3n) is 1.60. The highest BCUT2D eigenvalue weighted by atomic mass is 32.2. The molecule has 1 aliphatic heterocycles. The van der Waals surface area contributed by atoms with Gasteiger partial charge in [0.15, 0.2) is 0 Å². The van der Waals surface area contributed by atoms with Crippen molar-refractivity contribution < 1.29 is 9.90 Å². The van der Waals surface area contributed by atoms with Crippen LogP contribution in [0.25, 0.3) is 0 Å². The normalized spacial score (nSPS) is 24.0. The number of aliphatic hydroxyl groups excluding tert-OH is 1. The molecule has 0 aromatic rings. The fourth-order valence-electron chi connectivity index (χ4n) is 1.05. The van der Waals surface area contributed by atoms with Gasteiger partial charge in [0.05, 0.1) is 0 Å². The fraction of sp³-hybridized carbons (Fsp3) is 0.571. The number of rotatable bonds is 3. The average Bonchev–Trinajstić information content (AvgIpc) is 2.32. The zero-order chi connectivity index (χ0) is 8.27. The van der Waals surface area contributed by atoms with E-state index in [1.165, 1.54) is 11.8 Å². The number of aliphatic hydroxyl groups is 1. The van der Waals surface area contributed by atoms with E-state index in [-0.39, 0.29) is 17.0 Å². The molecular formula is C7H11NO2S. The van der Waals surface area contributed by atoms with Crippen LogP contribution >= 0.6 is 11.8 Å². The van der Waals surface area contributed by atoms with Crippen molar-refractivity contribution in [2.45, 2.75) is 11.7 Å². The van der Waals surface area contributed by atoms with Gasteiger partial charge < -0.3 is 10.8 Å². The Balaban J connectivity index is 2.56. The number of thioether (sulfide) groups is 1. The van der Waals surface area contributed by atoms with Gasteiger partial charge in [0.1, 0.15) is 0 Å². The molecule has 0 aromatic heterocycles. The minimum Gasteiger partial charge on any atom is -0.396 e. The Morgan fingerprint density at radius 3 is 3.00 bits per heavy atom. The molecule has 4 heteroatoms. The maximum Gasteiger partial charge on any atom is 0.212 e. The van der Waals surface area contributed by atoms with Crippen LogP contribution in [-0.4, -0.2) is 28.6 Å². The quantitative estimate of drug-likeness (QED) is 0.625. The van der Waals surface area contributed by atoms with Crippen molar-refractivity contribution in [3.05, 3.63) is 11.6 Å². The second kappa shape index (κ2) is 3.90. The van der Waals surface area contributed by atoms with Gasteiger partial charge in [-0.15, -0.1) is 0 Å². The van der Waals surface area contributed by atoms with Crippen LogP contribution in [0.2, 0.25) is 0 Å². The topological polar surface area (TPSA) is 63.3 Å². The molecule has 3 nitrogen and oxygen atoms in total. The molecule has 11 heavy (non-hydrogen) atoms. The molecule has 0 amide bonds. The molecule has 3 N–H and O–H groups in total. The molecule has 1 rings (SSSR count). The summed E-state index contributed by atoms with van der Waals surface area (Å²) in [6, 6.07) is 0. The van der Waals surface area contributed by atoms with Crippen molar-refractivity contribution >= 4 is 16.9 Å². The van der Waals surface area contributed by atoms with Crippen molar-refractivity contribution in [2.75, 3.05) is 13.2 Å². The molecule has 1 unspecified atom stereocenters. The molecule has 0 radical (unpaired) electrons. The summed E-state index contributed by atoms with van der Waals surface area (Å²) >= 11 is 1.25. The number of hydrogen-bond acceptors (Lipinski definition) is 4. The minimum absolute atomic E-state index is 0.0592. The molecule has 0 aliphatic carbocycles. The highest BCUT2D eigenvalue weighted by Gasteiger charge is 2.23. The highest BCUT2D eigenvalue weighted by Crippen LogP contribution is 2.29. The second-order valence-electron chi connectivity index (χ2n) is 2.36. The summed E-state index contributed by atoms with van der Waals surface area (Å²) < 4.78 is 0. The zero-order valence-electron chi connectivity index (χ0n) is 6.12. The monoisotopic (exact) mass is 173 g/mol. The van der Waals surface area contributed by atoms with Gasteiger partial charge in [-0.25, -0.2) is 0 Å². The van der Waals surface area contributed by atoms with E-state index in [1.54, 1.807) is 6.08 Å². The summed E-state index contributed by atoms with van der Waals surface area (Å²) in [5.41, 5.74) is 6.35. The molecular weight excluding hydrogens is 162 g/mol. The van der Waals surface area contributed by atoms with Crippen LogP contribution in [-0.2, 0) is 4.79 Å². The Morgan fingerprint density at radius 2 is 2.45 bits per heavy atom. The number of nitrogens with two attached hydrogens (primary N) is 1. The van der Waals surface area contributed by atoms with E-state index in [0.29, 0.717) is 13.0 Å². The van der Waals surface area contributed by atoms with Crippen LogP contribution < -0.4 is 5.73 Å². The summed E-state index contributed by atoms with van der Waals surface area (Å²) in [5, 5.41) is 8.82. The van der Waals surface area contributed by atoms with Crippen molar-refractivity contribution in [2.24, 2.45) is 5.73 Å². The molecule has 0 saturated heterocycles. The third-order valence-corrected chi connectivity index (χ3v) is 2.78. The number of carbonyl (C=O) groups is 1. The number of carbonyl (C=O) groups excluding carboxylic acids is 1. The summed E-state index contributed by atoms with van der Waals surface area (Å²) in [4.78, 5) is 10.8. The Labute approximate surface area is 69.7 Å². The van der Waals surface area contributed by atoms with Crippen molar-refractivity contribution in [3.8, 4) is 0 Å². The molecule has 0 fully saturated rings. The molecule has 0 saturated carbocycles. The Hall–Kier alpha value is -0.320. The van der Waals surface area contributed by atoms with Gasteiger partial charge in [-0.1, -0.05) is 11.8 Å². The van der Waals surface area contributed by atoms with Crippen LogP contribution in [0.1, 0.15) is 6.42 Å². The van der Waals surface area contributed by atoms with E-state index in [2.05, 4.69) is 0 Å². The summed E-state index contributed by atoms with van der Waals surface area (Å²) in [6.07, 6.45) is 2.20. The lowest BCUT2D eigenvalue weighted by Gasteiger charge is -2.08. The lowest BCUT2D eigenvalue weighted by atomic mass is 10.1. The standard InChI is InChI=1S/C7H11NO2S/c8-4-5-3-7(10)11-6(5)1-2-9/h3,6,9H,1-2,4,8H2. The molecule has 0 aromatic carbocycles. The van der Waals surface area contributed by atoms with Crippen LogP contribution in [0.5, 0.6) is 0 Å². The van der Waals surface area contributed by atoms with Gasteiger partial charge in [-0.2, -0.15) is 0 Å². The maximum atomic E-state index is 10.8. The summed E-state index contributed by atoms with van der Waals surface area (Å²) in [7, 11) is 0. The molecule has 1 heterocycles. The predicted octanol–water partition coefficient (Wildman–Crippen LogP) is -0.104. The molecule has 1 atom stereocenters. The largest absolute Gasteiger partial charge is 0.396 e. The Morgan fingerprint density at radius 1 is 1.73 bits per heavy atom. The van der Waals surface area contributed by atoms with E-state index in [9.17, 15) is 4.79 Å². The van der Waals surface area contributed by atoms with Crippen LogP contribution in [0.15, 0.2) is 11.6 Å². The highest BCUT2D eigenvalue weighted by molar-refractivity contribution is 8.15. The first kappa shape index (κ1) is 8.77. The minimum atomic E-state index is 0.0592. The van der Waals surface area contributed by atoms with Crippen LogP contribution in [0.3, 0.4) is 0 Å². The van der Waals surface area contributed by atoms with Gasteiger partial charge in [-0.3, -0.25) is 4.79 Å². The first-order valence-electron chi connectivity index (χ1n) is 3.50. The Kier molecular flexibility index (Phi) is 3.11. The van der Waals surface area contributed by atoms with E-state index in [1.807, 2.05) is 0 Å². The van der Waals surface area contributed by atoms with E-state index >= 15 is 0 Å². The average molecular weight is 173 g/mol. The first-order chi connectivity index (χ1) is 5.27. The smallest absolute Gasteiger partial charge is 0.212 e. The van der Waals surface area contributed by atoms with Crippen molar-refractivity contribution in [3.63, 3.8) is 0 Å². The molecule has 0 bridgehead atoms. The SMILES string of the molecule is NCC1=CC(=O)SC1CCO. The van der Waals surface area contributed by atoms with Gasteiger partial charge >= 0.3 is 0 Å². The lowest BCUT2D eigenvalue weighted by molar-refractivity contribution is -0.106. The van der Waals surface area contributed by atoms with E-state index in [0.717, 1.165) is 5.57 Å². The molecule has 1 aliphatic rings. The van der Waals surface area contributed by atoms with E-state index in [4.69, 9.17) is 10.8 Å². The third kappa shape index (κ3) is 2.05. The van der Waals surface area contributed by atoms with Gasteiger partial charge in [0.2, 0.25) is 5.12 Å². The van der Waals surface area contributed by atoms with Crippen LogP contribution in [0.4, 0.5) is 0 Å². The van der Waals surface area contributed by atoms with Crippen molar-refractivity contribution in [1.29, 1.82) is 0 Å². The van der Waals surface area contributed by atoms with Gasteiger partial charge in [0.25, 0.3) is 0 Å². The number of hydrogen-bond donors (Lipinski definition) is 2. The predicted molar refractivity (Wildman–Crippen MR) is 45.2 cm³/mol. The summed E-state index contributed by atoms with van der Waals surface area (Å²) in [5.74, 6) is 0. The molecule has 62 valence electrons. The van der Waals surface area contributed by atoms with Gasteiger partial charge in [0, 0.05) is 18.4 Å². The zero-order valence-corrected chi connectivity index (χ0v) is 6.93. The van der Waals surface area contributed by atoms with E-state index < -0.39 is 0 Å². The lowest BCUT2D eigenvalue weighted by Crippen LogP contribution is -2.13. The van der Waals surface area contributed by atoms with Crippen LogP contribution in [0, 0.1) is 0 Å².